The second-order valence-corrected chi connectivity index (χ2v) is 7.36. The number of thiophene rings is 1. The summed E-state index contributed by atoms with van der Waals surface area (Å²) in [6.45, 7) is 6.76. The molecule has 0 radical (unpaired) electrons. The lowest BCUT2D eigenvalue weighted by atomic mass is 10.2. The highest BCUT2D eigenvalue weighted by atomic mass is 32.1. The van der Waals surface area contributed by atoms with Crippen LogP contribution in [0.1, 0.15) is 39.2 Å². The molecule has 5 nitrogen and oxygen atoms in total. The molecule has 0 bridgehead atoms. The molecular formula is C16H24N2O3S. The third-order valence-corrected chi connectivity index (χ3v) is 4.22. The third-order valence-electron chi connectivity index (χ3n) is 3.48. The monoisotopic (exact) mass is 324 g/mol. The maximum Gasteiger partial charge on any atom is 0.410 e. The molecule has 1 aromatic rings. The molecule has 1 fully saturated rings. The van der Waals surface area contributed by atoms with Crippen molar-refractivity contribution >= 4 is 23.3 Å². The number of likely N-dealkylation sites (tertiary alicyclic amines) is 1. The second kappa shape index (κ2) is 7.13. The number of hydrogen-bond donors (Lipinski definition) is 1. The molecule has 0 saturated carbocycles. The molecule has 1 aliphatic rings. The minimum atomic E-state index is -0.494. The van der Waals surface area contributed by atoms with Gasteiger partial charge in [0, 0.05) is 13.1 Å². The minimum absolute atomic E-state index is 0.00515. The largest absolute Gasteiger partial charge is 0.444 e. The first-order chi connectivity index (χ1) is 10.3. The van der Waals surface area contributed by atoms with E-state index in [4.69, 9.17) is 4.74 Å². The Hall–Kier alpha value is -1.56. The van der Waals surface area contributed by atoms with E-state index in [1.54, 1.807) is 16.2 Å². The van der Waals surface area contributed by atoms with Crippen molar-refractivity contribution in [3.05, 3.63) is 22.4 Å². The summed E-state index contributed by atoms with van der Waals surface area (Å²) in [6.07, 6.45) is 1.95. The Bertz CT molecular complexity index is 508. The van der Waals surface area contributed by atoms with Gasteiger partial charge in [0.05, 0.1) is 12.5 Å². The van der Waals surface area contributed by atoms with Gasteiger partial charge in [-0.25, -0.2) is 4.79 Å². The first-order valence-electron chi connectivity index (χ1n) is 7.62. The Morgan fingerprint density at radius 1 is 1.45 bits per heavy atom. The van der Waals surface area contributed by atoms with E-state index in [1.165, 1.54) is 0 Å². The summed E-state index contributed by atoms with van der Waals surface area (Å²) in [7, 11) is 0. The number of nitrogens with zero attached hydrogens (tertiary/aromatic N) is 1. The van der Waals surface area contributed by atoms with Crippen molar-refractivity contribution in [2.45, 2.75) is 51.7 Å². The quantitative estimate of drug-likeness (QED) is 0.926. The first-order valence-corrected chi connectivity index (χ1v) is 8.57. The summed E-state index contributed by atoms with van der Waals surface area (Å²) in [6, 6.07) is 1.98. The summed E-state index contributed by atoms with van der Waals surface area (Å²) in [5.41, 5.74) is 0.532. The fraction of sp³-hybridized carbons (Fsp3) is 0.625. The van der Waals surface area contributed by atoms with Crippen LogP contribution in [0.15, 0.2) is 16.8 Å². The van der Waals surface area contributed by atoms with Crippen LogP contribution >= 0.6 is 11.3 Å². The summed E-state index contributed by atoms with van der Waals surface area (Å²) in [4.78, 5) is 25.8. The van der Waals surface area contributed by atoms with Crippen LogP contribution in [0.3, 0.4) is 0 Å². The van der Waals surface area contributed by atoms with Gasteiger partial charge >= 0.3 is 6.09 Å². The van der Waals surface area contributed by atoms with E-state index in [0.29, 0.717) is 19.5 Å². The van der Waals surface area contributed by atoms with Gasteiger partial charge in [-0.2, -0.15) is 11.3 Å². The van der Waals surface area contributed by atoms with Gasteiger partial charge in [-0.15, -0.1) is 0 Å². The molecule has 1 aliphatic heterocycles. The topological polar surface area (TPSA) is 58.6 Å². The fourth-order valence-electron chi connectivity index (χ4n) is 2.48. The summed E-state index contributed by atoms with van der Waals surface area (Å²) in [5, 5.41) is 6.86. The second-order valence-electron chi connectivity index (χ2n) is 6.58. The molecule has 1 saturated heterocycles. The Morgan fingerprint density at radius 3 is 2.86 bits per heavy atom. The highest BCUT2D eigenvalue weighted by molar-refractivity contribution is 7.07. The number of carbonyl (C=O) groups excluding carboxylic acids is 2. The Labute approximate surface area is 135 Å². The predicted octanol–water partition coefficient (Wildman–Crippen LogP) is 2.81. The molecule has 122 valence electrons. The summed E-state index contributed by atoms with van der Waals surface area (Å²) >= 11 is 1.59. The molecule has 1 aromatic heterocycles. The van der Waals surface area contributed by atoms with E-state index < -0.39 is 5.60 Å². The van der Waals surface area contributed by atoms with Crippen LogP contribution in [0.25, 0.3) is 0 Å². The predicted molar refractivity (Wildman–Crippen MR) is 87.0 cm³/mol. The average molecular weight is 324 g/mol. The van der Waals surface area contributed by atoms with Crippen molar-refractivity contribution in [1.82, 2.24) is 10.2 Å². The minimum Gasteiger partial charge on any atom is -0.444 e. The lowest BCUT2D eigenvalue weighted by Crippen LogP contribution is -2.45. The highest BCUT2D eigenvalue weighted by Crippen LogP contribution is 2.20. The molecule has 1 atom stereocenters. The van der Waals surface area contributed by atoms with Gasteiger partial charge in [-0.3, -0.25) is 4.79 Å². The van der Waals surface area contributed by atoms with E-state index in [-0.39, 0.29) is 18.0 Å². The molecule has 0 spiro atoms. The van der Waals surface area contributed by atoms with E-state index in [0.717, 1.165) is 18.4 Å². The van der Waals surface area contributed by atoms with Crippen molar-refractivity contribution in [2.24, 2.45) is 0 Å². The molecule has 2 heterocycles. The van der Waals surface area contributed by atoms with Crippen LogP contribution in [-0.4, -0.2) is 41.6 Å². The van der Waals surface area contributed by atoms with Crippen molar-refractivity contribution in [3.8, 4) is 0 Å². The van der Waals surface area contributed by atoms with Crippen LogP contribution in [0.4, 0.5) is 4.79 Å². The van der Waals surface area contributed by atoms with Gasteiger partial charge in [-0.05, 0) is 56.0 Å². The molecule has 2 rings (SSSR count). The van der Waals surface area contributed by atoms with Crippen molar-refractivity contribution < 1.29 is 14.3 Å². The number of rotatable bonds is 4. The normalized spacial score (nSPS) is 18.3. The molecule has 0 unspecified atom stereocenters. The van der Waals surface area contributed by atoms with Crippen LogP contribution in [0.5, 0.6) is 0 Å². The molecule has 22 heavy (non-hydrogen) atoms. The average Bonchev–Trinajstić information content (AvgIpc) is 3.04. The molecule has 2 amide bonds. The van der Waals surface area contributed by atoms with Crippen LogP contribution in [-0.2, 0) is 16.0 Å². The lowest BCUT2D eigenvalue weighted by molar-refractivity contribution is -0.120. The van der Waals surface area contributed by atoms with Crippen molar-refractivity contribution in [1.29, 1.82) is 0 Å². The standard InChI is InChI=1S/C16H24N2O3S/c1-16(2,3)21-15(20)18-7-4-5-13(18)10-17-14(19)9-12-6-8-22-11-12/h6,8,11,13H,4-5,7,9-10H2,1-3H3,(H,17,19)/t13-/m0/s1. The molecule has 1 N–H and O–H groups in total. The lowest BCUT2D eigenvalue weighted by Gasteiger charge is -2.28. The van der Waals surface area contributed by atoms with Gasteiger partial charge in [0.25, 0.3) is 0 Å². The third kappa shape index (κ3) is 5.02. The highest BCUT2D eigenvalue weighted by Gasteiger charge is 2.32. The van der Waals surface area contributed by atoms with Gasteiger partial charge in [0.1, 0.15) is 5.60 Å². The van der Waals surface area contributed by atoms with Crippen molar-refractivity contribution in [2.75, 3.05) is 13.1 Å². The molecule has 0 aromatic carbocycles. The number of carbonyl (C=O) groups is 2. The first kappa shape index (κ1) is 16.8. The van der Waals surface area contributed by atoms with Gasteiger partial charge in [-0.1, -0.05) is 0 Å². The molecular weight excluding hydrogens is 300 g/mol. The van der Waals surface area contributed by atoms with E-state index in [9.17, 15) is 9.59 Å². The number of ether oxygens (including phenoxy) is 1. The van der Waals surface area contributed by atoms with Gasteiger partial charge < -0.3 is 15.0 Å². The molecule has 6 heteroatoms. The maximum absolute atomic E-state index is 12.2. The van der Waals surface area contributed by atoms with Gasteiger partial charge in [0.2, 0.25) is 5.91 Å². The zero-order valence-corrected chi connectivity index (χ0v) is 14.2. The van der Waals surface area contributed by atoms with Crippen LogP contribution in [0.2, 0.25) is 0 Å². The Morgan fingerprint density at radius 2 is 2.23 bits per heavy atom. The van der Waals surface area contributed by atoms with Crippen molar-refractivity contribution in [3.63, 3.8) is 0 Å². The van der Waals surface area contributed by atoms with E-state index >= 15 is 0 Å². The Balaban J connectivity index is 1.81. The fourth-order valence-corrected chi connectivity index (χ4v) is 3.15. The zero-order chi connectivity index (χ0) is 16.2. The Kier molecular flexibility index (Phi) is 5.45. The zero-order valence-electron chi connectivity index (χ0n) is 13.4. The SMILES string of the molecule is CC(C)(C)OC(=O)N1CCC[C@H]1CNC(=O)Cc1ccsc1. The molecule has 0 aliphatic carbocycles. The number of nitrogens with one attached hydrogen (secondary N) is 1. The smallest absolute Gasteiger partial charge is 0.410 e. The number of amides is 2. The van der Waals surface area contributed by atoms with Crippen LogP contribution < -0.4 is 5.32 Å². The van der Waals surface area contributed by atoms with E-state index in [1.807, 2.05) is 37.6 Å². The number of hydrogen-bond acceptors (Lipinski definition) is 4. The summed E-state index contributed by atoms with van der Waals surface area (Å²) < 4.78 is 5.42. The van der Waals surface area contributed by atoms with E-state index in [2.05, 4.69) is 5.32 Å². The van der Waals surface area contributed by atoms with Crippen LogP contribution in [0, 0.1) is 0 Å². The maximum atomic E-state index is 12.2. The summed E-state index contributed by atoms with van der Waals surface area (Å²) in [5.74, 6) is -0.00515. The van der Waals surface area contributed by atoms with Gasteiger partial charge in [0.15, 0.2) is 0 Å².